The summed E-state index contributed by atoms with van der Waals surface area (Å²) in [6.45, 7) is 0. The normalized spacial score (nSPS) is 23.5. The van der Waals surface area contributed by atoms with Gasteiger partial charge in [0.2, 0.25) is 0 Å². The van der Waals surface area contributed by atoms with Crippen LogP contribution in [0.5, 0.6) is 0 Å². The van der Waals surface area contributed by atoms with Crippen molar-refractivity contribution in [3.63, 3.8) is 0 Å². The highest BCUT2D eigenvalue weighted by molar-refractivity contribution is 5.79. The van der Waals surface area contributed by atoms with Crippen molar-refractivity contribution < 1.29 is 4.79 Å². The molecule has 0 bridgehead atoms. The molecule has 0 aromatic carbocycles. The highest BCUT2D eigenvalue weighted by Crippen LogP contribution is 2.29. The van der Waals surface area contributed by atoms with Crippen molar-refractivity contribution in [1.82, 2.24) is 9.55 Å². The van der Waals surface area contributed by atoms with Gasteiger partial charge in [0, 0.05) is 38.2 Å². The van der Waals surface area contributed by atoms with Crippen LogP contribution in [0.4, 0.5) is 0 Å². The summed E-state index contributed by atoms with van der Waals surface area (Å²) in [6, 6.07) is 0. The zero-order valence-corrected chi connectivity index (χ0v) is 7.86. The van der Waals surface area contributed by atoms with Crippen LogP contribution in [0.2, 0.25) is 0 Å². The number of hydrogen-bond acceptors (Lipinski definition) is 2. The summed E-state index contributed by atoms with van der Waals surface area (Å²) >= 11 is 0. The second kappa shape index (κ2) is 3.32. The molecule has 3 heteroatoms. The monoisotopic (exact) mass is 178 g/mol. The SMILES string of the molecule is Cn1ccnc1C1CCCC(=O)C1. The van der Waals surface area contributed by atoms with Gasteiger partial charge in [-0.1, -0.05) is 0 Å². The minimum Gasteiger partial charge on any atom is -0.338 e. The van der Waals surface area contributed by atoms with Crippen LogP contribution in [0.1, 0.15) is 37.4 Å². The van der Waals surface area contributed by atoms with E-state index in [-0.39, 0.29) is 0 Å². The predicted octanol–water partition coefficient (Wildman–Crippen LogP) is 1.65. The van der Waals surface area contributed by atoms with E-state index in [1.165, 1.54) is 0 Å². The number of nitrogens with zero attached hydrogens (tertiary/aromatic N) is 2. The maximum absolute atomic E-state index is 11.2. The molecule has 1 atom stereocenters. The van der Waals surface area contributed by atoms with Gasteiger partial charge in [-0.25, -0.2) is 4.98 Å². The number of rotatable bonds is 1. The summed E-state index contributed by atoms with van der Waals surface area (Å²) in [5.41, 5.74) is 0. The predicted molar refractivity (Wildman–Crippen MR) is 49.4 cm³/mol. The van der Waals surface area contributed by atoms with Gasteiger partial charge in [0.1, 0.15) is 11.6 Å². The van der Waals surface area contributed by atoms with Gasteiger partial charge in [-0.2, -0.15) is 0 Å². The first-order valence-electron chi connectivity index (χ1n) is 4.76. The van der Waals surface area contributed by atoms with Crippen LogP contribution < -0.4 is 0 Å². The van der Waals surface area contributed by atoms with Crippen molar-refractivity contribution in [2.75, 3.05) is 0 Å². The Morgan fingerprint density at radius 1 is 1.62 bits per heavy atom. The highest BCUT2D eigenvalue weighted by Gasteiger charge is 2.23. The molecule has 0 saturated heterocycles. The van der Waals surface area contributed by atoms with Gasteiger partial charge in [-0.05, 0) is 12.8 Å². The van der Waals surface area contributed by atoms with Crippen molar-refractivity contribution in [2.45, 2.75) is 31.6 Å². The van der Waals surface area contributed by atoms with Crippen LogP contribution in [0.3, 0.4) is 0 Å². The van der Waals surface area contributed by atoms with E-state index in [0.717, 1.165) is 25.1 Å². The van der Waals surface area contributed by atoms with Gasteiger partial charge in [-0.15, -0.1) is 0 Å². The third-order valence-corrected chi connectivity index (χ3v) is 2.71. The minimum atomic E-state index is 0.362. The summed E-state index contributed by atoms with van der Waals surface area (Å²) in [7, 11) is 1.99. The summed E-state index contributed by atoms with van der Waals surface area (Å²) in [4.78, 5) is 15.5. The van der Waals surface area contributed by atoms with Gasteiger partial charge in [-0.3, -0.25) is 4.79 Å². The van der Waals surface area contributed by atoms with Crippen LogP contribution >= 0.6 is 0 Å². The Morgan fingerprint density at radius 2 is 2.46 bits per heavy atom. The Bertz CT molecular complexity index is 316. The molecule has 1 aliphatic carbocycles. The summed E-state index contributed by atoms with van der Waals surface area (Å²) in [5.74, 6) is 1.81. The average Bonchev–Trinajstić information content (AvgIpc) is 2.51. The second-order valence-electron chi connectivity index (χ2n) is 3.73. The quantitative estimate of drug-likeness (QED) is 0.655. The van der Waals surface area contributed by atoms with E-state index in [2.05, 4.69) is 4.98 Å². The molecule has 2 rings (SSSR count). The van der Waals surface area contributed by atoms with Crippen molar-refractivity contribution in [1.29, 1.82) is 0 Å². The highest BCUT2D eigenvalue weighted by atomic mass is 16.1. The summed E-state index contributed by atoms with van der Waals surface area (Å²) < 4.78 is 2.02. The molecule has 0 spiro atoms. The smallest absolute Gasteiger partial charge is 0.133 e. The molecular formula is C10H14N2O. The van der Waals surface area contributed by atoms with Crippen LogP contribution in [0.15, 0.2) is 12.4 Å². The van der Waals surface area contributed by atoms with Crippen molar-refractivity contribution in [3.05, 3.63) is 18.2 Å². The van der Waals surface area contributed by atoms with Crippen LogP contribution in [-0.2, 0) is 11.8 Å². The largest absolute Gasteiger partial charge is 0.338 e. The number of Topliss-reactive ketones (excluding diaryl/α,β-unsaturated/α-hetero) is 1. The number of aromatic nitrogens is 2. The molecule has 0 N–H and O–H groups in total. The number of carbonyl (C=O) groups excluding carboxylic acids is 1. The lowest BCUT2D eigenvalue weighted by atomic mass is 9.88. The molecule has 1 unspecified atom stereocenters. The molecule has 0 radical (unpaired) electrons. The van der Waals surface area contributed by atoms with Gasteiger partial charge >= 0.3 is 0 Å². The number of hydrogen-bond donors (Lipinski definition) is 0. The Balaban J connectivity index is 2.17. The van der Waals surface area contributed by atoms with E-state index in [9.17, 15) is 4.79 Å². The second-order valence-corrected chi connectivity index (χ2v) is 3.73. The van der Waals surface area contributed by atoms with Gasteiger partial charge in [0.25, 0.3) is 0 Å². The average molecular weight is 178 g/mol. The van der Waals surface area contributed by atoms with Gasteiger partial charge in [0.15, 0.2) is 0 Å². The molecule has 1 aromatic rings. The minimum absolute atomic E-state index is 0.362. The number of ketones is 1. The number of aryl methyl sites for hydroxylation is 1. The Labute approximate surface area is 77.8 Å². The lowest BCUT2D eigenvalue weighted by Gasteiger charge is -2.20. The van der Waals surface area contributed by atoms with Crippen LogP contribution in [-0.4, -0.2) is 15.3 Å². The zero-order valence-electron chi connectivity index (χ0n) is 7.86. The molecule has 1 aromatic heterocycles. The van der Waals surface area contributed by atoms with Gasteiger partial charge in [0.05, 0.1) is 0 Å². The Kier molecular flexibility index (Phi) is 2.17. The van der Waals surface area contributed by atoms with E-state index in [1.54, 1.807) is 6.20 Å². The summed E-state index contributed by atoms with van der Waals surface area (Å²) in [5, 5.41) is 0. The Hall–Kier alpha value is -1.12. The van der Waals surface area contributed by atoms with Crippen molar-refractivity contribution in [3.8, 4) is 0 Å². The fraction of sp³-hybridized carbons (Fsp3) is 0.600. The molecule has 1 aliphatic rings. The van der Waals surface area contributed by atoms with Crippen LogP contribution in [0, 0.1) is 0 Å². The molecule has 1 heterocycles. The first-order chi connectivity index (χ1) is 6.27. The van der Waals surface area contributed by atoms with E-state index in [4.69, 9.17) is 0 Å². The van der Waals surface area contributed by atoms with E-state index >= 15 is 0 Å². The first-order valence-corrected chi connectivity index (χ1v) is 4.76. The summed E-state index contributed by atoms with van der Waals surface area (Å²) in [6.07, 6.45) is 7.32. The number of imidazole rings is 1. The molecule has 1 fully saturated rings. The molecule has 0 aliphatic heterocycles. The lowest BCUT2D eigenvalue weighted by Crippen LogP contribution is -2.16. The van der Waals surface area contributed by atoms with E-state index in [1.807, 2.05) is 17.8 Å². The molecule has 70 valence electrons. The topological polar surface area (TPSA) is 34.9 Å². The molecule has 1 saturated carbocycles. The first kappa shape index (κ1) is 8.48. The van der Waals surface area contributed by atoms with E-state index < -0.39 is 0 Å². The molecule has 0 amide bonds. The van der Waals surface area contributed by atoms with Gasteiger partial charge < -0.3 is 4.57 Å². The maximum Gasteiger partial charge on any atom is 0.133 e. The number of carbonyl (C=O) groups is 1. The van der Waals surface area contributed by atoms with Crippen LogP contribution in [0.25, 0.3) is 0 Å². The molecule has 3 nitrogen and oxygen atoms in total. The lowest BCUT2D eigenvalue weighted by molar-refractivity contribution is -0.120. The zero-order chi connectivity index (χ0) is 9.26. The third kappa shape index (κ3) is 1.64. The fourth-order valence-electron chi connectivity index (χ4n) is 2.02. The maximum atomic E-state index is 11.2. The fourth-order valence-corrected chi connectivity index (χ4v) is 2.02. The third-order valence-electron chi connectivity index (χ3n) is 2.71. The standard InChI is InChI=1S/C10H14N2O/c1-12-6-5-11-10(12)8-3-2-4-9(13)7-8/h5-6,8H,2-4,7H2,1H3. The Morgan fingerprint density at radius 3 is 3.08 bits per heavy atom. The molecular weight excluding hydrogens is 164 g/mol. The van der Waals surface area contributed by atoms with E-state index in [0.29, 0.717) is 18.1 Å². The van der Waals surface area contributed by atoms with Crippen molar-refractivity contribution in [2.24, 2.45) is 7.05 Å². The molecule has 13 heavy (non-hydrogen) atoms. The van der Waals surface area contributed by atoms with Crippen molar-refractivity contribution >= 4 is 5.78 Å².